The Hall–Kier alpha value is -2.37. The molecule has 1 atom stereocenters. The molecule has 2 aromatic carbocycles. The molecule has 2 heterocycles. The van der Waals surface area contributed by atoms with Crippen molar-refractivity contribution in [2.75, 3.05) is 16.8 Å². The summed E-state index contributed by atoms with van der Waals surface area (Å²) in [6.07, 6.45) is 0.789. The summed E-state index contributed by atoms with van der Waals surface area (Å²) in [4.78, 5) is 11.7. The van der Waals surface area contributed by atoms with E-state index in [1.807, 2.05) is 44.2 Å². The van der Waals surface area contributed by atoms with Gasteiger partial charge in [0.1, 0.15) is 11.6 Å². The van der Waals surface area contributed by atoms with Crippen molar-refractivity contribution in [3.05, 3.63) is 75.7 Å². The number of halogens is 3. The molecule has 0 amide bonds. The maximum Gasteiger partial charge on any atom is 0.229 e. The number of rotatable bonds is 3. The van der Waals surface area contributed by atoms with Crippen LogP contribution in [-0.4, -0.2) is 16.5 Å². The summed E-state index contributed by atoms with van der Waals surface area (Å²) >= 11 is 6.08. The molecule has 1 aliphatic rings. The van der Waals surface area contributed by atoms with Gasteiger partial charge in [0.25, 0.3) is 0 Å². The minimum Gasteiger partial charge on any atom is -0.349 e. The summed E-state index contributed by atoms with van der Waals surface area (Å²) in [5.74, 6) is 1.26. The van der Waals surface area contributed by atoms with Crippen LogP contribution in [0.3, 0.4) is 0 Å². The van der Waals surface area contributed by atoms with Gasteiger partial charge in [-0.05, 0) is 68.7 Å². The Labute approximate surface area is 181 Å². The lowest BCUT2D eigenvalue weighted by Gasteiger charge is -2.37. The molecule has 152 valence electrons. The van der Waals surface area contributed by atoms with Gasteiger partial charge in [0.05, 0.1) is 6.04 Å². The van der Waals surface area contributed by atoms with Gasteiger partial charge in [0.2, 0.25) is 5.95 Å². The van der Waals surface area contributed by atoms with Crippen molar-refractivity contribution < 1.29 is 4.39 Å². The van der Waals surface area contributed by atoms with E-state index < -0.39 is 0 Å². The summed E-state index contributed by atoms with van der Waals surface area (Å²) in [6.45, 7) is 6.95. The standard InChI is InChI=1S/C22H22ClFN4.ClH/c1-13-14(2)25-22(26-19-6-4-5-17(23)12-19)27-21(13)28-10-9-16-11-18(24)7-8-20(16)15(28)3;/h4-8,11-12,15H,9-10H2,1-3H3,(H,25,26,27);1H. The molecule has 1 unspecified atom stereocenters. The van der Waals surface area contributed by atoms with Crippen molar-refractivity contribution >= 4 is 41.5 Å². The van der Waals surface area contributed by atoms with E-state index in [1.54, 1.807) is 6.07 Å². The minimum absolute atomic E-state index is 0. The van der Waals surface area contributed by atoms with Crippen molar-refractivity contribution in [2.24, 2.45) is 0 Å². The molecule has 7 heteroatoms. The third-order valence-corrected chi connectivity index (χ3v) is 5.60. The van der Waals surface area contributed by atoms with Crippen LogP contribution in [0.15, 0.2) is 42.5 Å². The molecule has 4 nitrogen and oxygen atoms in total. The second kappa shape index (κ2) is 8.56. The first-order valence-corrected chi connectivity index (χ1v) is 9.73. The minimum atomic E-state index is -0.179. The number of hydrogen-bond donors (Lipinski definition) is 1. The molecule has 1 aromatic heterocycles. The fourth-order valence-corrected chi connectivity index (χ4v) is 3.92. The van der Waals surface area contributed by atoms with Gasteiger partial charge in [-0.3, -0.25) is 0 Å². The Morgan fingerprint density at radius 2 is 1.93 bits per heavy atom. The molecule has 1 N–H and O–H groups in total. The first-order valence-electron chi connectivity index (χ1n) is 9.35. The van der Waals surface area contributed by atoms with Crippen molar-refractivity contribution in [2.45, 2.75) is 33.2 Å². The van der Waals surface area contributed by atoms with E-state index in [0.29, 0.717) is 11.0 Å². The van der Waals surface area contributed by atoms with Crippen LogP contribution in [0.1, 0.15) is 35.3 Å². The number of anilines is 3. The highest BCUT2D eigenvalue weighted by atomic mass is 35.5. The Morgan fingerprint density at radius 3 is 2.69 bits per heavy atom. The zero-order valence-corrected chi connectivity index (χ0v) is 18.1. The largest absolute Gasteiger partial charge is 0.349 e. The van der Waals surface area contributed by atoms with Crippen LogP contribution < -0.4 is 10.2 Å². The fourth-order valence-electron chi connectivity index (χ4n) is 3.73. The van der Waals surface area contributed by atoms with Gasteiger partial charge < -0.3 is 10.2 Å². The van der Waals surface area contributed by atoms with Crippen LogP contribution in [0.4, 0.5) is 21.8 Å². The Kier molecular flexibility index (Phi) is 6.30. The zero-order chi connectivity index (χ0) is 19.8. The molecule has 0 fully saturated rings. The second-order valence-corrected chi connectivity index (χ2v) is 7.62. The van der Waals surface area contributed by atoms with Gasteiger partial charge in [0, 0.05) is 28.5 Å². The van der Waals surface area contributed by atoms with Gasteiger partial charge in [-0.1, -0.05) is 23.7 Å². The van der Waals surface area contributed by atoms with Crippen LogP contribution >= 0.6 is 24.0 Å². The molecular weight excluding hydrogens is 410 g/mol. The molecule has 3 aromatic rings. The van der Waals surface area contributed by atoms with Crippen LogP contribution in [0.25, 0.3) is 0 Å². The van der Waals surface area contributed by atoms with Crippen LogP contribution in [0.2, 0.25) is 5.02 Å². The van der Waals surface area contributed by atoms with Crippen LogP contribution in [-0.2, 0) is 6.42 Å². The highest BCUT2D eigenvalue weighted by molar-refractivity contribution is 6.30. The number of nitrogens with zero attached hydrogens (tertiary/aromatic N) is 3. The van der Waals surface area contributed by atoms with E-state index in [0.717, 1.165) is 46.9 Å². The SMILES string of the molecule is Cc1nc(Nc2cccc(Cl)c2)nc(N2CCc3cc(F)ccc3C2C)c1C.Cl. The van der Waals surface area contributed by atoms with Gasteiger partial charge in [-0.25, -0.2) is 9.37 Å². The number of hydrogen-bond acceptors (Lipinski definition) is 4. The molecule has 0 radical (unpaired) electrons. The second-order valence-electron chi connectivity index (χ2n) is 7.18. The molecule has 0 spiro atoms. The molecule has 4 rings (SSSR count). The van der Waals surface area contributed by atoms with Crippen molar-refractivity contribution in [1.82, 2.24) is 9.97 Å². The lowest BCUT2D eigenvalue weighted by molar-refractivity contribution is 0.593. The van der Waals surface area contributed by atoms with E-state index in [1.165, 1.54) is 6.07 Å². The fraction of sp³-hybridized carbons (Fsp3) is 0.273. The Bertz CT molecular complexity index is 1040. The Morgan fingerprint density at radius 1 is 1.14 bits per heavy atom. The van der Waals surface area contributed by atoms with Crippen molar-refractivity contribution in [3.63, 3.8) is 0 Å². The summed E-state index contributed by atoms with van der Waals surface area (Å²) in [5, 5.41) is 3.91. The van der Waals surface area contributed by atoms with E-state index in [9.17, 15) is 4.39 Å². The average molecular weight is 433 g/mol. The summed E-state index contributed by atoms with van der Waals surface area (Å²) in [5.41, 5.74) is 5.03. The first kappa shape index (κ1) is 21.3. The number of aromatic nitrogens is 2. The average Bonchev–Trinajstić information content (AvgIpc) is 2.65. The van der Waals surface area contributed by atoms with Crippen LogP contribution in [0.5, 0.6) is 0 Å². The lowest BCUT2D eigenvalue weighted by atomic mass is 9.93. The molecule has 29 heavy (non-hydrogen) atoms. The first-order chi connectivity index (χ1) is 13.4. The van der Waals surface area contributed by atoms with Crippen LogP contribution in [0, 0.1) is 19.7 Å². The third kappa shape index (κ3) is 4.31. The van der Waals surface area contributed by atoms with Gasteiger partial charge in [-0.15, -0.1) is 12.4 Å². The quantitative estimate of drug-likeness (QED) is 0.536. The molecule has 1 aliphatic heterocycles. The number of aryl methyl sites for hydroxylation is 1. The summed E-state index contributed by atoms with van der Waals surface area (Å²) in [7, 11) is 0. The monoisotopic (exact) mass is 432 g/mol. The maximum atomic E-state index is 13.6. The zero-order valence-electron chi connectivity index (χ0n) is 16.5. The van der Waals surface area contributed by atoms with Crippen molar-refractivity contribution in [1.29, 1.82) is 0 Å². The van der Waals surface area contributed by atoms with Crippen molar-refractivity contribution in [3.8, 4) is 0 Å². The smallest absolute Gasteiger partial charge is 0.229 e. The van der Waals surface area contributed by atoms with Gasteiger partial charge in [-0.2, -0.15) is 4.98 Å². The lowest BCUT2D eigenvalue weighted by Crippen LogP contribution is -2.35. The Balaban J connectivity index is 0.00000240. The third-order valence-electron chi connectivity index (χ3n) is 5.36. The van der Waals surface area contributed by atoms with E-state index in [-0.39, 0.29) is 24.3 Å². The molecule has 0 saturated heterocycles. The van der Waals surface area contributed by atoms with Gasteiger partial charge >= 0.3 is 0 Å². The molecule has 0 aliphatic carbocycles. The van der Waals surface area contributed by atoms with Gasteiger partial charge in [0.15, 0.2) is 0 Å². The number of fused-ring (bicyclic) bond motifs is 1. The number of benzene rings is 2. The van der Waals surface area contributed by atoms with E-state index >= 15 is 0 Å². The highest BCUT2D eigenvalue weighted by Crippen LogP contribution is 2.35. The topological polar surface area (TPSA) is 41.1 Å². The molecule has 0 bridgehead atoms. The molecule has 0 saturated carbocycles. The highest BCUT2D eigenvalue weighted by Gasteiger charge is 2.27. The number of nitrogens with one attached hydrogen (secondary N) is 1. The maximum absolute atomic E-state index is 13.6. The summed E-state index contributed by atoms with van der Waals surface area (Å²) in [6, 6.07) is 12.7. The predicted octanol–water partition coefficient (Wildman–Crippen LogP) is 6.18. The molecular formula is C22H23Cl2FN4. The van der Waals surface area contributed by atoms with E-state index in [2.05, 4.69) is 22.1 Å². The normalized spacial score (nSPS) is 15.5. The predicted molar refractivity (Wildman–Crippen MR) is 119 cm³/mol. The summed E-state index contributed by atoms with van der Waals surface area (Å²) < 4.78 is 13.6. The van der Waals surface area contributed by atoms with E-state index in [4.69, 9.17) is 16.6 Å².